The van der Waals surface area contributed by atoms with Crippen LogP contribution in [0.2, 0.25) is 10.0 Å². The summed E-state index contributed by atoms with van der Waals surface area (Å²) in [6, 6.07) is 5.03. The van der Waals surface area contributed by atoms with Crippen molar-refractivity contribution in [3.63, 3.8) is 0 Å². The topological polar surface area (TPSA) is 52.6 Å². The molecule has 0 fully saturated rings. The number of nitrogens with one attached hydrogen (secondary N) is 1. The first-order valence-electron chi connectivity index (χ1n) is 6.51. The summed E-state index contributed by atoms with van der Waals surface area (Å²) in [7, 11) is 1.66. The molecule has 0 aliphatic rings. The molecule has 0 aliphatic heterocycles. The van der Waals surface area contributed by atoms with Gasteiger partial charge in [0.15, 0.2) is 0 Å². The van der Waals surface area contributed by atoms with E-state index >= 15 is 0 Å². The second-order valence-electron chi connectivity index (χ2n) is 4.71. The molecule has 1 rings (SSSR count). The van der Waals surface area contributed by atoms with E-state index in [1.54, 1.807) is 26.1 Å². The minimum Gasteiger partial charge on any atom is -0.394 e. The third-order valence-corrected chi connectivity index (χ3v) is 3.75. The van der Waals surface area contributed by atoms with Crippen LogP contribution in [0.25, 0.3) is 0 Å². The van der Waals surface area contributed by atoms with Crippen LogP contribution in [0.4, 0.5) is 4.79 Å². The van der Waals surface area contributed by atoms with Gasteiger partial charge in [-0.15, -0.1) is 0 Å². The number of aliphatic hydroxyl groups is 1. The number of halogens is 2. The molecule has 2 N–H and O–H groups in total. The summed E-state index contributed by atoms with van der Waals surface area (Å²) in [5.41, 5.74) is 1.02. The summed E-state index contributed by atoms with van der Waals surface area (Å²) < 4.78 is 0. The number of hydrogen-bond donors (Lipinski definition) is 2. The van der Waals surface area contributed by atoms with Gasteiger partial charge in [0.2, 0.25) is 0 Å². The summed E-state index contributed by atoms with van der Waals surface area (Å²) in [5, 5.41) is 13.1. The van der Waals surface area contributed by atoms with E-state index in [1.807, 2.05) is 6.07 Å². The quantitative estimate of drug-likeness (QED) is 0.792. The maximum atomic E-state index is 11.7. The number of hydrogen-bond acceptors (Lipinski definition) is 2. The van der Waals surface area contributed by atoms with Gasteiger partial charge in [0.25, 0.3) is 0 Å². The van der Waals surface area contributed by atoms with Crippen molar-refractivity contribution in [2.45, 2.75) is 25.8 Å². The van der Waals surface area contributed by atoms with Gasteiger partial charge >= 0.3 is 6.03 Å². The number of rotatable bonds is 6. The van der Waals surface area contributed by atoms with Crippen molar-refractivity contribution >= 4 is 29.2 Å². The summed E-state index contributed by atoms with van der Waals surface area (Å²) in [4.78, 5) is 13.2. The first-order valence-corrected chi connectivity index (χ1v) is 7.26. The number of amides is 2. The molecule has 0 radical (unpaired) electrons. The first kappa shape index (κ1) is 17.1. The van der Waals surface area contributed by atoms with E-state index in [4.69, 9.17) is 28.3 Å². The molecule has 6 heteroatoms. The van der Waals surface area contributed by atoms with Crippen molar-refractivity contribution in [1.29, 1.82) is 0 Å². The third kappa shape index (κ3) is 5.19. The minimum atomic E-state index is -0.194. The molecule has 1 atom stereocenters. The van der Waals surface area contributed by atoms with Crippen LogP contribution in [0, 0.1) is 0 Å². The Balaban J connectivity index is 2.33. The molecule has 1 aromatic rings. The van der Waals surface area contributed by atoms with Crippen molar-refractivity contribution in [3.8, 4) is 0 Å². The second kappa shape index (κ2) is 8.35. The molecule has 0 bridgehead atoms. The Kier molecular flexibility index (Phi) is 7.13. The van der Waals surface area contributed by atoms with Crippen molar-refractivity contribution < 1.29 is 9.90 Å². The van der Waals surface area contributed by atoms with E-state index in [0.29, 0.717) is 16.6 Å². The van der Waals surface area contributed by atoms with Crippen LogP contribution in [-0.2, 0) is 6.42 Å². The van der Waals surface area contributed by atoms with E-state index in [0.717, 1.165) is 18.4 Å². The number of aryl methyl sites for hydroxylation is 1. The molecule has 112 valence electrons. The van der Waals surface area contributed by atoms with Crippen LogP contribution in [0.1, 0.15) is 18.9 Å². The highest BCUT2D eigenvalue weighted by Crippen LogP contribution is 2.21. The Hall–Kier alpha value is -0.970. The minimum absolute atomic E-state index is 0.0513. The monoisotopic (exact) mass is 318 g/mol. The number of carbonyl (C=O) groups is 1. The summed E-state index contributed by atoms with van der Waals surface area (Å²) >= 11 is 11.9. The zero-order valence-electron chi connectivity index (χ0n) is 11.7. The van der Waals surface area contributed by atoms with Gasteiger partial charge in [-0.2, -0.15) is 0 Å². The number of aliphatic hydroxyl groups excluding tert-OH is 1. The molecule has 0 saturated heterocycles. The van der Waals surface area contributed by atoms with Gasteiger partial charge in [0, 0.05) is 23.6 Å². The zero-order chi connectivity index (χ0) is 15.1. The Bertz CT molecular complexity index is 455. The van der Waals surface area contributed by atoms with Crippen molar-refractivity contribution in [2.75, 3.05) is 20.2 Å². The lowest BCUT2D eigenvalue weighted by molar-refractivity contribution is 0.157. The number of likely N-dealkylation sites (N-methyl/N-ethyl adjacent to an activating group) is 1. The van der Waals surface area contributed by atoms with Crippen molar-refractivity contribution in [3.05, 3.63) is 33.8 Å². The van der Waals surface area contributed by atoms with Crippen LogP contribution in [0.3, 0.4) is 0 Å². The predicted octanol–water partition coefficient (Wildman–Crippen LogP) is 2.95. The zero-order valence-corrected chi connectivity index (χ0v) is 13.2. The average Bonchev–Trinajstić information content (AvgIpc) is 2.43. The number of nitrogens with zero attached hydrogens (tertiary/aromatic N) is 1. The molecule has 0 saturated carbocycles. The van der Waals surface area contributed by atoms with E-state index in [9.17, 15) is 4.79 Å². The Morgan fingerprint density at radius 2 is 2.15 bits per heavy atom. The maximum absolute atomic E-state index is 11.7. The molecule has 0 spiro atoms. The fraction of sp³-hybridized carbons (Fsp3) is 0.500. The lowest BCUT2D eigenvalue weighted by Gasteiger charge is -2.23. The number of urea groups is 1. The molecule has 0 aromatic heterocycles. The highest BCUT2D eigenvalue weighted by atomic mass is 35.5. The summed E-state index contributed by atoms with van der Waals surface area (Å²) in [6.45, 7) is 2.29. The largest absolute Gasteiger partial charge is 0.394 e. The Labute approximate surface area is 129 Å². The van der Waals surface area contributed by atoms with Crippen molar-refractivity contribution in [1.82, 2.24) is 10.2 Å². The second-order valence-corrected chi connectivity index (χ2v) is 5.56. The molecule has 1 aromatic carbocycles. The maximum Gasteiger partial charge on any atom is 0.317 e. The first-order chi connectivity index (χ1) is 9.45. The van der Waals surface area contributed by atoms with E-state index in [1.165, 1.54) is 4.90 Å². The molecule has 0 heterocycles. The van der Waals surface area contributed by atoms with Gasteiger partial charge in [-0.05, 0) is 37.5 Å². The van der Waals surface area contributed by atoms with Gasteiger partial charge < -0.3 is 15.3 Å². The van der Waals surface area contributed by atoms with Gasteiger partial charge in [-0.1, -0.05) is 29.3 Å². The third-order valence-electron chi connectivity index (χ3n) is 3.16. The van der Waals surface area contributed by atoms with E-state index in [-0.39, 0.29) is 18.7 Å². The smallest absolute Gasteiger partial charge is 0.317 e. The fourth-order valence-corrected chi connectivity index (χ4v) is 2.15. The lowest BCUT2D eigenvalue weighted by Crippen LogP contribution is -2.44. The van der Waals surface area contributed by atoms with Gasteiger partial charge in [-0.3, -0.25) is 0 Å². The van der Waals surface area contributed by atoms with Crippen molar-refractivity contribution in [2.24, 2.45) is 0 Å². The standard InChI is InChI=1S/C14H20Cl2N2O2/c1-10(9-19)18(2)14(20)17-7-3-4-11-5-6-12(15)8-13(11)16/h5-6,8,10,19H,3-4,7,9H2,1-2H3,(H,17,20). The van der Waals surface area contributed by atoms with Crippen LogP contribution in [-0.4, -0.2) is 42.3 Å². The SMILES string of the molecule is CC(CO)N(C)C(=O)NCCCc1ccc(Cl)cc1Cl. The molecular formula is C14H20Cl2N2O2. The predicted molar refractivity (Wildman–Crippen MR) is 82.5 cm³/mol. The average molecular weight is 319 g/mol. The van der Waals surface area contributed by atoms with Gasteiger partial charge in [0.05, 0.1) is 12.6 Å². The molecule has 2 amide bonds. The fourth-order valence-electron chi connectivity index (χ4n) is 1.65. The van der Waals surface area contributed by atoms with Gasteiger partial charge in [-0.25, -0.2) is 4.79 Å². The number of carbonyl (C=O) groups excluding carboxylic acids is 1. The van der Waals surface area contributed by atoms with Gasteiger partial charge in [0.1, 0.15) is 0 Å². The number of benzene rings is 1. The molecular weight excluding hydrogens is 299 g/mol. The van der Waals surface area contributed by atoms with Crippen LogP contribution < -0.4 is 5.32 Å². The molecule has 4 nitrogen and oxygen atoms in total. The van der Waals surface area contributed by atoms with Crippen LogP contribution >= 0.6 is 23.2 Å². The lowest BCUT2D eigenvalue weighted by atomic mass is 10.1. The molecule has 0 aliphatic carbocycles. The molecule has 1 unspecified atom stereocenters. The van der Waals surface area contributed by atoms with Crippen LogP contribution in [0.15, 0.2) is 18.2 Å². The Morgan fingerprint density at radius 3 is 2.75 bits per heavy atom. The van der Waals surface area contributed by atoms with E-state index in [2.05, 4.69) is 5.32 Å². The normalized spacial score (nSPS) is 12.1. The highest BCUT2D eigenvalue weighted by molar-refractivity contribution is 6.35. The summed E-state index contributed by atoms with van der Waals surface area (Å²) in [6.07, 6.45) is 1.56. The molecule has 20 heavy (non-hydrogen) atoms. The van der Waals surface area contributed by atoms with E-state index < -0.39 is 0 Å². The summed E-state index contributed by atoms with van der Waals surface area (Å²) in [5.74, 6) is 0. The Morgan fingerprint density at radius 1 is 1.45 bits per heavy atom. The van der Waals surface area contributed by atoms with Crippen LogP contribution in [0.5, 0.6) is 0 Å². The highest BCUT2D eigenvalue weighted by Gasteiger charge is 2.13.